The minimum absolute atomic E-state index is 0.179. The molecule has 0 aliphatic carbocycles. The van der Waals surface area contributed by atoms with Gasteiger partial charge in [0.05, 0.1) is 8.07 Å². The van der Waals surface area contributed by atoms with Gasteiger partial charge >= 0.3 is 42.6 Å². The van der Waals surface area contributed by atoms with Crippen LogP contribution in [0.4, 0.5) is 0 Å². The molecule has 0 saturated heterocycles. The van der Waals surface area contributed by atoms with Gasteiger partial charge in [-0.05, 0) is 27.7 Å². The molecule has 0 saturated carbocycles. The summed E-state index contributed by atoms with van der Waals surface area (Å²) in [5.41, 5.74) is 7.04. The van der Waals surface area contributed by atoms with Gasteiger partial charge in [0, 0.05) is 0 Å². The van der Waals surface area contributed by atoms with Crippen molar-refractivity contribution < 1.29 is 14.7 Å². The van der Waals surface area contributed by atoms with Crippen molar-refractivity contribution in [1.82, 2.24) is 0 Å². The summed E-state index contributed by atoms with van der Waals surface area (Å²) in [6.45, 7) is 18.3. The molecule has 0 aliphatic heterocycles. The molecular formula is C26H33Cl3SiTi. The van der Waals surface area contributed by atoms with Crippen LogP contribution in [0.3, 0.4) is 0 Å². The molecule has 0 nitrogen and oxygen atoms in total. The van der Waals surface area contributed by atoms with Gasteiger partial charge in [-0.3, -0.25) is 0 Å². The molecule has 0 aromatic heterocycles. The SMILES string of the molecule is Cc1cc(C)cc([Si](C)(c2cc(C)cc(C)c2)[c-]2ccc(C(C)(C)C)c2)c1.[Cl][Ti+]([Cl])[Cl]. The Bertz CT molecular complexity index is 937. The van der Waals surface area contributed by atoms with Crippen LogP contribution in [0.25, 0.3) is 0 Å². The fourth-order valence-corrected chi connectivity index (χ4v) is 8.17. The molecular weight excluding hydrogens is 495 g/mol. The number of hydrogen-bond donors (Lipinski definition) is 0. The summed E-state index contributed by atoms with van der Waals surface area (Å²) in [7, 11) is 12.9. The Morgan fingerprint density at radius 3 is 1.39 bits per heavy atom. The van der Waals surface area contributed by atoms with Crippen molar-refractivity contribution >= 4 is 51.5 Å². The Balaban J connectivity index is 0.000000785. The standard InChI is InChI=1S/C26H33Si.3ClH.Ti/c1-18-11-19(2)14-24(13-18)27(8,25-15-20(3)12-21(4)16-25)23-10-9-22(17-23)26(5,6)7;;;;/h9-17H,1-8H3;3*1H;/q-1;;;;+4/p-3. The first kappa shape index (κ1) is 26.8. The normalized spacial score (nSPS) is 11.7. The number of aryl methyl sites for hydroxylation is 4. The maximum atomic E-state index is 4.97. The fourth-order valence-electron chi connectivity index (χ4n) is 4.25. The molecule has 3 aromatic rings. The van der Waals surface area contributed by atoms with E-state index in [4.69, 9.17) is 27.9 Å². The van der Waals surface area contributed by atoms with Crippen LogP contribution in [0.1, 0.15) is 48.6 Å². The van der Waals surface area contributed by atoms with Crippen LogP contribution >= 0.6 is 27.9 Å². The number of rotatable bonds is 3. The van der Waals surface area contributed by atoms with Gasteiger partial charge in [0.2, 0.25) is 0 Å². The Morgan fingerprint density at radius 2 is 1.10 bits per heavy atom. The van der Waals surface area contributed by atoms with Crippen molar-refractivity contribution in [2.75, 3.05) is 0 Å². The van der Waals surface area contributed by atoms with Crippen LogP contribution in [0, 0.1) is 27.7 Å². The molecule has 0 spiro atoms. The van der Waals surface area contributed by atoms with Crippen molar-refractivity contribution in [1.29, 1.82) is 0 Å². The molecule has 0 atom stereocenters. The Morgan fingerprint density at radius 1 is 0.742 bits per heavy atom. The summed E-state index contributed by atoms with van der Waals surface area (Å²) in [5, 5.41) is 4.54. The molecule has 0 radical (unpaired) electrons. The molecule has 3 rings (SSSR count). The zero-order chi connectivity index (χ0) is 23.6. The molecule has 3 aromatic carbocycles. The average Bonchev–Trinajstić information content (AvgIpc) is 3.09. The Hall–Kier alpha value is -0.409. The number of benzene rings is 2. The summed E-state index contributed by atoms with van der Waals surface area (Å²) < 4.78 is 0. The monoisotopic (exact) mass is 526 g/mol. The predicted molar refractivity (Wildman–Crippen MR) is 141 cm³/mol. The molecule has 0 unspecified atom stereocenters. The van der Waals surface area contributed by atoms with Gasteiger partial charge in [-0.2, -0.15) is 22.9 Å². The predicted octanol–water partition coefficient (Wildman–Crippen LogP) is 7.10. The molecule has 31 heavy (non-hydrogen) atoms. The van der Waals surface area contributed by atoms with E-state index in [0.29, 0.717) is 0 Å². The van der Waals surface area contributed by atoms with Gasteiger partial charge in [0.15, 0.2) is 0 Å². The topological polar surface area (TPSA) is 0 Å². The average molecular weight is 528 g/mol. The van der Waals surface area contributed by atoms with E-state index in [1.807, 2.05) is 0 Å². The van der Waals surface area contributed by atoms with Gasteiger partial charge in [-0.25, -0.2) is 6.07 Å². The minimum atomic E-state index is -2.06. The van der Waals surface area contributed by atoms with Gasteiger partial charge in [0.25, 0.3) is 0 Å². The van der Waals surface area contributed by atoms with Crippen molar-refractivity contribution in [2.45, 2.75) is 60.4 Å². The van der Waals surface area contributed by atoms with Crippen molar-refractivity contribution in [2.24, 2.45) is 0 Å². The van der Waals surface area contributed by atoms with E-state index in [0.717, 1.165) is 0 Å². The van der Waals surface area contributed by atoms with Crippen LogP contribution in [-0.2, 0) is 20.1 Å². The summed E-state index contributed by atoms with van der Waals surface area (Å²) in [4.78, 5) is 0. The molecule has 5 heteroatoms. The van der Waals surface area contributed by atoms with E-state index in [-0.39, 0.29) is 5.41 Å². The van der Waals surface area contributed by atoms with Crippen molar-refractivity contribution in [3.05, 3.63) is 82.4 Å². The maximum absolute atomic E-state index is 4.97. The third kappa shape index (κ3) is 7.03. The molecule has 0 aliphatic rings. The fraction of sp³-hybridized carbons (Fsp3) is 0.346. The zero-order valence-electron chi connectivity index (χ0n) is 19.8. The summed E-state index contributed by atoms with van der Waals surface area (Å²) in [5.74, 6) is 0. The first-order chi connectivity index (χ1) is 14.2. The van der Waals surface area contributed by atoms with E-state index < -0.39 is 22.8 Å². The van der Waals surface area contributed by atoms with Gasteiger partial charge in [-0.15, -0.1) is 0 Å². The third-order valence-electron chi connectivity index (χ3n) is 5.79. The molecule has 0 N–H and O–H groups in total. The Kier molecular flexibility index (Phi) is 9.25. The van der Waals surface area contributed by atoms with Gasteiger partial charge < -0.3 is 0 Å². The summed E-state index contributed by atoms with van der Waals surface area (Å²) in [6, 6.07) is 21.4. The summed E-state index contributed by atoms with van der Waals surface area (Å²) >= 11 is -1.92. The number of hydrogen-bond acceptors (Lipinski definition) is 0. The molecule has 0 heterocycles. The number of halogens is 3. The first-order valence-corrected chi connectivity index (χ1v) is 19.5. The summed E-state index contributed by atoms with van der Waals surface area (Å²) in [6.07, 6.45) is 0. The van der Waals surface area contributed by atoms with Crippen molar-refractivity contribution in [3.8, 4) is 0 Å². The molecule has 0 amide bonds. The van der Waals surface area contributed by atoms with Crippen LogP contribution in [0.15, 0.2) is 54.6 Å². The zero-order valence-corrected chi connectivity index (χ0v) is 24.7. The Labute approximate surface area is 207 Å². The van der Waals surface area contributed by atoms with E-state index in [1.165, 1.54) is 43.4 Å². The van der Waals surface area contributed by atoms with Crippen molar-refractivity contribution in [3.63, 3.8) is 0 Å². The van der Waals surface area contributed by atoms with Crippen LogP contribution in [0.5, 0.6) is 0 Å². The second-order valence-electron chi connectivity index (χ2n) is 9.73. The van der Waals surface area contributed by atoms with E-state index in [1.54, 1.807) is 0 Å². The van der Waals surface area contributed by atoms with E-state index in [9.17, 15) is 0 Å². The van der Waals surface area contributed by atoms with Crippen LogP contribution in [0.2, 0.25) is 6.55 Å². The quantitative estimate of drug-likeness (QED) is 0.252. The molecule has 0 fully saturated rings. The van der Waals surface area contributed by atoms with Crippen LogP contribution < -0.4 is 15.6 Å². The third-order valence-corrected chi connectivity index (χ3v) is 10.1. The van der Waals surface area contributed by atoms with Gasteiger partial charge in [0.1, 0.15) is 0 Å². The molecule has 0 bridgehead atoms. The van der Waals surface area contributed by atoms with Crippen LogP contribution in [-0.4, -0.2) is 8.07 Å². The second-order valence-corrected chi connectivity index (χ2v) is 21.4. The molecule has 166 valence electrons. The van der Waals surface area contributed by atoms with E-state index in [2.05, 4.69) is 110 Å². The second kappa shape index (κ2) is 10.7. The van der Waals surface area contributed by atoms with Gasteiger partial charge in [-0.1, -0.05) is 102 Å². The van der Waals surface area contributed by atoms with E-state index >= 15 is 0 Å². The first-order valence-electron chi connectivity index (χ1n) is 10.5.